The highest BCUT2D eigenvalue weighted by atomic mass is 79.9. The molecule has 1 saturated heterocycles. The van der Waals surface area contributed by atoms with Crippen LogP contribution in [0.15, 0.2) is 16.9 Å². The number of amides is 1. The summed E-state index contributed by atoms with van der Waals surface area (Å²) in [5.41, 5.74) is 8.43. The third kappa shape index (κ3) is 3.62. The number of fused-ring (bicyclic) bond motifs is 1. The van der Waals surface area contributed by atoms with Crippen molar-refractivity contribution < 1.29 is 9.00 Å². The summed E-state index contributed by atoms with van der Waals surface area (Å²) in [4.78, 5) is 21.7. The van der Waals surface area contributed by atoms with Crippen LogP contribution in [-0.2, 0) is 15.6 Å². The number of nitrogens with two attached hydrogens (primary N) is 1. The number of anilines is 2. The van der Waals surface area contributed by atoms with Gasteiger partial charge in [-0.15, -0.1) is 0 Å². The van der Waals surface area contributed by atoms with Crippen LogP contribution in [0.25, 0.3) is 11.0 Å². The summed E-state index contributed by atoms with van der Waals surface area (Å²) in [5, 5.41) is 3.67. The van der Waals surface area contributed by atoms with Crippen molar-refractivity contribution in [3.63, 3.8) is 0 Å². The number of carbonyl (C=O) groups is 1. The molecule has 0 bridgehead atoms. The summed E-state index contributed by atoms with van der Waals surface area (Å²) in [7, 11) is -1.18. The molecule has 0 spiro atoms. The first kappa shape index (κ1) is 17.4. The zero-order chi connectivity index (χ0) is 17.3. The van der Waals surface area contributed by atoms with E-state index in [1.807, 2.05) is 0 Å². The SMILES string of the molecule is CS(=O)CC(=O)Nc1c[nH]c2ncc(Br)c(N3CCCC(N)C3)c12. The Balaban J connectivity index is 2.01. The fraction of sp³-hybridized carbons (Fsp3) is 0.467. The van der Waals surface area contributed by atoms with Crippen LogP contribution in [0.5, 0.6) is 0 Å². The van der Waals surface area contributed by atoms with Gasteiger partial charge in [0.05, 0.1) is 21.2 Å². The summed E-state index contributed by atoms with van der Waals surface area (Å²) >= 11 is 3.58. The molecule has 24 heavy (non-hydrogen) atoms. The number of nitrogens with one attached hydrogen (secondary N) is 2. The fourth-order valence-corrected chi connectivity index (χ4v) is 4.04. The smallest absolute Gasteiger partial charge is 0.237 e. The number of hydrogen-bond acceptors (Lipinski definition) is 5. The number of pyridine rings is 1. The van der Waals surface area contributed by atoms with E-state index in [2.05, 4.69) is 36.1 Å². The molecule has 0 saturated carbocycles. The van der Waals surface area contributed by atoms with Crippen LogP contribution in [-0.4, -0.2) is 51.2 Å². The lowest BCUT2D eigenvalue weighted by molar-refractivity contribution is -0.113. The van der Waals surface area contributed by atoms with Crippen molar-refractivity contribution in [3.8, 4) is 0 Å². The molecular formula is C15H20BrN5O2S. The van der Waals surface area contributed by atoms with Gasteiger partial charge in [-0.25, -0.2) is 4.98 Å². The van der Waals surface area contributed by atoms with Crippen LogP contribution in [0.2, 0.25) is 0 Å². The standard InChI is InChI=1S/C15H20BrN5O2S/c1-24(23)8-12(22)20-11-6-19-15-13(11)14(10(16)5-18-15)21-4-2-3-9(17)7-21/h5-6,9H,2-4,7-8,17H2,1H3,(H,18,19)(H,20,22). The van der Waals surface area contributed by atoms with Gasteiger partial charge in [0, 0.05) is 48.6 Å². The van der Waals surface area contributed by atoms with E-state index in [1.54, 1.807) is 12.4 Å². The first-order valence-electron chi connectivity index (χ1n) is 7.71. The van der Waals surface area contributed by atoms with Crippen molar-refractivity contribution in [1.82, 2.24) is 9.97 Å². The Labute approximate surface area is 151 Å². The number of halogens is 1. The van der Waals surface area contributed by atoms with Crippen molar-refractivity contribution in [2.24, 2.45) is 5.73 Å². The zero-order valence-corrected chi connectivity index (χ0v) is 15.7. The highest BCUT2D eigenvalue weighted by molar-refractivity contribution is 9.10. The fourth-order valence-electron chi connectivity index (χ4n) is 3.05. The highest BCUT2D eigenvalue weighted by Gasteiger charge is 2.23. The first-order valence-corrected chi connectivity index (χ1v) is 10.2. The minimum absolute atomic E-state index is 0.0297. The molecule has 0 aliphatic carbocycles. The Bertz CT molecular complexity index is 794. The van der Waals surface area contributed by atoms with Crippen LogP contribution in [0.4, 0.5) is 11.4 Å². The maximum absolute atomic E-state index is 12.0. The topological polar surface area (TPSA) is 104 Å². The molecule has 2 atom stereocenters. The molecule has 2 aromatic heterocycles. The summed E-state index contributed by atoms with van der Waals surface area (Å²) in [6.45, 7) is 1.66. The van der Waals surface area contributed by atoms with E-state index < -0.39 is 10.8 Å². The van der Waals surface area contributed by atoms with Gasteiger partial charge in [-0.2, -0.15) is 0 Å². The van der Waals surface area contributed by atoms with Crippen molar-refractivity contribution in [1.29, 1.82) is 0 Å². The Morgan fingerprint density at radius 3 is 3.12 bits per heavy atom. The molecule has 130 valence electrons. The van der Waals surface area contributed by atoms with Crippen LogP contribution in [0, 0.1) is 0 Å². The molecule has 1 fully saturated rings. The molecule has 3 heterocycles. The molecule has 2 aromatic rings. The van der Waals surface area contributed by atoms with E-state index in [-0.39, 0.29) is 17.7 Å². The lowest BCUT2D eigenvalue weighted by atomic mass is 10.1. The lowest BCUT2D eigenvalue weighted by Gasteiger charge is -2.33. The average molecular weight is 414 g/mol. The molecule has 4 N–H and O–H groups in total. The largest absolute Gasteiger partial charge is 0.368 e. The van der Waals surface area contributed by atoms with Gasteiger partial charge in [-0.3, -0.25) is 9.00 Å². The van der Waals surface area contributed by atoms with E-state index in [9.17, 15) is 9.00 Å². The maximum Gasteiger partial charge on any atom is 0.237 e. The predicted molar refractivity (Wildman–Crippen MR) is 101 cm³/mol. The molecule has 7 nitrogen and oxygen atoms in total. The Morgan fingerprint density at radius 2 is 2.42 bits per heavy atom. The number of rotatable bonds is 4. The molecule has 9 heteroatoms. The molecule has 1 aliphatic heterocycles. The molecular weight excluding hydrogens is 394 g/mol. The predicted octanol–water partition coefficient (Wildman–Crippen LogP) is 1.57. The number of nitrogens with zero attached hydrogens (tertiary/aromatic N) is 2. The number of H-pyrrole nitrogens is 1. The van der Waals surface area contributed by atoms with E-state index in [0.717, 1.165) is 41.5 Å². The quantitative estimate of drug-likeness (QED) is 0.705. The van der Waals surface area contributed by atoms with Crippen LogP contribution in [0.3, 0.4) is 0 Å². The van der Waals surface area contributed by atoms with Crippen LogP contribution < -0.4 is 16.0 Å². The maximum atomic E-state index is 12.0. The number of aromatic amines is 1. The molecule has 0 aromatic carbocycles. The van der Waals surface area contributed by atoms with E-state index in [0.29, 0.717) is 11.3 Å². The molecule has 3 rings (SSSR count). The van der Waals surface area contributed by atoms with Gasteiger partial charge in [0.15, 0.2) is 0 Å². The van der Waals surface area contributed by atoms with Crippen LogP contribution in [0.1, 0.15) is 12.8 Å². The minimum atomic E-state index is -1.18. The highest BCUT2D eigenvalue weighted by Crippen LogP contribution is 2.38. The number of carbonyl (C=O) groups excluding carboxylic acids is 1. The molecule has 2 unspecified atom stereocenters. The van der Waals surface area contributed by atoms with E-state index in [4.69, 9.17) is 5.73 Å². The summed E-state index contributed by atoms with van der Waals surface area (Å²) < 4.78 is 12.1. The second kappa shape index (κ2) is 7.20. The van der Waals surface area contributed by atoms with Gasteiger partial charge < -0.3 is 20.9 Å². The molecule has 1 amide bonds. The monoisotopic (exact) mass is 413 g/mol. The molecule has 1 aliphatic rings. The third-order valence-corrected chi connectivity index (χ3v) is 5.26. The summed E-state index contributed by atoms with van der Waals surface area (Å²) in [5.74, 6) is -0.309. The van der Waals surface area contributed by atoms with Crippen molar-refractivity contribution in [2.75, 3.05) is 35.3 Å². The van der Waals surface area contributed by atoms with Gasteiger partial charge in [-0.1, -0.05) is 0 Å². The average Bonchev–Trinajstić information content (AvgIpc) is 2.89. The van der Waals surface area contributed by atoms with Crippen molar-refractivity contribution in [2.45, 2.75) is 18.9 Å². The van der Waals surface area contributed by atoms with Crippen molar-refractivity contribution in [3.05, 3.63) is 16.9 Å². The van der Waals surface area contributed by atoms with Gasteiger partial charge in [0.2, 0.25) is 5.91 Å². The third-order valence-electron chi connectivity index (χ3n) is 4.01. The van der Waals surface area contributed by atoms with Gasteiger partial charge in [0.1, 0.15) is 11.4 Å². The Hall–Kier alpha value is -1.45. The number of hydrogen-bond donors (Lipinski definition) is 3. The lowest BCUT2D eigenvalue weighted by Crippen LogP contribution is -2.43. The minimum Gasteiger partial charge on any atom is -0.368 e. The van der Waals surface area contributed by atoms with Crippen LogP contribution >= 0.6 is 15.9 Å². The van der Waals surface area contributed by atoms with E-state index in [1.165, 1.54) is 6.26 Å². The zero-order valence-electron chi connectivity index (χ0n) is 13.3. The summed E-state index contributed by atoms with van der Waals surface area (Å²) in [6.07, 6.45) is 7.02. The van der Waals surface area contributed by atoms with Gasteiger partial charge in [-0.05, 0) is 28.8 Å². The van der Waals surface area contributed by atoms with Gasteiger partial charge >= 0.3 is 0 Å². The Kier molecular flexibility index (Phi) is 5.21. The number of piperidine rings is 1. The number of aromatic nitrogens is 2. The second-order valence-corrected chi connectivity index (χ2v) is 8.28. The summed E-state index contributed by atoms with van der Waals surface area (Å²) in [6, 6.07) is 0.133. The normalized spacial score (nSPS) is 19.5. The van der Waals surface area contributed by atoms with Gasteiger partial charge in [0.25, 0.3) is 0 Å². The Morgan fingerprint density at radius 1 is 1.62 bits per heavy atom. The first-order chi connectivity index (χ1) is 11.5. The van der Waals surface area contributed by atoms with Crippen molar-refractivity contribution >= 4 is 55.0 Å². The second-order valence-electron chi connectivity index (χ2n) is 5.99. The molecule has 0 radical (unpaired) electrons. The van der Waals surface area contributed by atoms with E-state index >= 15 is 0 Å².